The summed E-state index contributed by atoms with van der Waals surface area (Å²) in [6, 6.07) is 1.74. The van der Waals surface area contributed by atoms with Crippen molar-refractivity contribution in [1.82, 2.24) is 24.7 Å². The number of aliphatic hydroxyl groups excluding tert-OH is 1. The Kier molecular flexibility index (Phi) is 9.31. The van der Waals surface area contributed by atoms with Crippen molar-refractivity contribution < 1.29 is 41.8 Å². The molecule has 9 nitrogen and oxygen atoms in total. The topological polar surface area (TPSA) is 110 Å². The fourth-order valence-corrected chi connectivity index (χ4v) is 5.88. The number of hydrogen-bond donors (Lipinski definition) is 2. The van der Waals surface area contributed by atoms with Crippen LogP contribution in [-0.2, 0) is 23.9 Å². The number of rotatable bonds is 7. The molecule has 14 heteroatoms. The molecule has 236 valence electrons. The van der Waals surface area contributed by atoms with E-state index in [-0.39, 0.29) is 61.1 Å². The van der Waals surface area contributed by atoms with Gasteiger partial charge in [-0.05, 0) is 57.7 Å². The van der Waals surface area contributed by atoms with Crippen LogP contribution in [0.2, 0.25) is 0 Å². The first-order chi connectivity index (χ1) is 20.0. The van der Waals surface area contributed by atoms with Crippen molar-refractivity contribution in [2.75, 3.05) is 19.6 Å². The molecule has 2 amide bonds. The first kappa shape index (κ1) is 32.5. The summed E-state index contributed by atoms with van der Waals surface area (Å²) in [5.74, 6) is -2.76. The second-order valence-electron chi connectivity index (χ2n) is 12.3. The summed E-state index contributed by atoms with van der Waals surface area (Å²) >= 11 is 0. The van der Waals surface area contributed by atoms with Gasteiger partial charge < -0.3 is 15.1 Å². The molecule has 0 radical (unpaired) electrons. The Morgan fingerprint density at radius 2 is 1.84 bits per heavy atom. The summed E-state index contributed by atoms with van der Waals surface area (Å²) in [6.07, 6.45) is -6.59. The van der Waals surface area contributed by atoms with E-state index in [2.05, 4.69) is 9.97 Å². The molecule has 1 aromatic carbocycles. The van der Waals surface area contributed by atoms with E-state index < -0.39 is 53.2 Å². The Balaban J connectivity index is 1.64. The number of piperidine rings is 1. The smallest absolute Gasteiger partial charge is 0.433 e. The maximum Gasteiger partial charge on any atom is 0.433 e. The number of nitrogens with zero attached hydrogens (tertiary/aromatic N) is 5. The van der Waals surface area contributed by atoms with Gasteiger partial charge in [0.1, 0.15) is 6.23 Å². The molecule has 3 atom stereocenters. The van der Waals surface area contributed by atoms with E-state index in [1.54, 1.807) is 25.7 Å². The molecule has 43 heavy (non-hydrogen) atoms. The molecule has 1 unspecified atom stereocenters. The highest BCUT2D eigenvalue weighted by molar-refractivity contribution is 5.77. The van der Waals surface area contributed by atoms with E-state index in [1.165, 1.54) is 9.80 Å². The molecule has 0 bridgehead atoms. The van der Waals surface area contributed by atoms with Crippen LogP contribution in [0.25, 0.3) is 11.4 Å². The van der Waals surface area contributed by atoms with E-state index in [0.29, 0.717) is 19.0 Å². The number of carbonyl (C=O) groups excluding carboxylic acids is 1. The second kappa shape index (κ2) is 12.3. The monoisotopic (exact) mass is 613 g/mol. The van der Waals surface area contributed by atoms with Gasteiger partial charge >= 0.3 is 12.3 Å². The number of carbonyl (C=O) groups is 2. The number of amides is 2. The molecule has 0 aliphatic carbocycles. The molecular weight excluding hydrogens is 577 g/mol. The van der Waals surface area contributed by atoms with Gasteiger partial charge in [-0.3, -0.25) is 14.6 Å². The van der Waals surface area contributed by atoms with Crippen LogP contribution in [0.15, 0.2) is 18.2 Å². The van der Waals surface area contributed by atoms with Crippen molar-refractivity contribution in [3.8, 4) is 11.4 Å². The summed E-state index contributed by atoms with van der Waals surface area (Å²) in [7, 11) is 0. The van der Waals surface area contributed by atoms with Gasteiger partial charge in [0.15, 0.2) is 23.2 Å². The number of benzene rings is 1. The first-order valence-electron chi connectivity index (χ1n) is 14.1. The Labute approximate surface area is 246 Å². The van der Waals surface area contributed by atoms with Crippen molar-refractivity contribution in [2.24, 2.45) is 5.92 Å². The Morgan fingerprint density at radius 3 is 2.44 bits per heavy atom. The molecule has 2 N–H and O–H groups in total. The molecule has 2 aromatic rings. The van der Waals surface area contributed by atoms with Gasteiger partial charge in [0.25, 0.3) is 0 Å². The minimum atomic E-state index is -4.85. The van der Waals surface area contributed by atoms with Gasteiger partial charge in [-0.2, -0.15) is 13.2 Å². The number of halogens is 5. The average molecular weight is 614 g/mol. The summed E-state index contributed by atoms with van der Waals surface area (Å²) in [5.41, 5.74) is -2.41. The minimum Gasteiger partial charge on any atom is -0.465 e. The maximum atomic E-state index is 14.0. The largest absolute Gasteiger partial charge is 0.465 e. The summed E-state index contributed by atoms with van der Waals surface area (Å²) in [5, 5.41) is 21.5. The fraction of sp³-hybridized carbons (Fsp3) is 0.586. The third-order valence-electron chi connectivity index (χ3n) is 7.91. The van der Waals surface area contributed by atoms with Crippen LogP contribution in [0.4, 0.5) is 26.7 Å². The van der Waals surface area contributed by atoms with E-state index in [1.807, 2.05) is 6.92 Å². The van der Waals surface area contributed by atoms with Crippen LogP contribution in [0.1, 0.15) is 63.9 Å². The summed E-state index contributed by atoms with van der Waals surface area (Å²) in [6.45, 7) is 7.38. The normalized spacial score (nSPS) is 19.6. The zero-order valence-corrected chi connectivity index (χ0v) is 24.5. The molecule has 1 fully saturated rings. The van der Waals surface area contributed by atoms with Gasteiger partial charge in [0.05, 0.1) is 11.7 Å². The van der Waals surface area contributed by atoms with Gasteiger partial charge in [-0.25, -0.2) is 23.5 Å². The van der Waals surface area contributed by atoms with E-state index >= 15 is 0 Å². The number of fused-ring (bicyclic) bond motifs is 1. The number of aliphatic hydroxyl groups is 1. The zero-order chi connectivity index (χ0) is 31.9. The lowest BCUT2D eigenvalue weighted by molar-refractivity contribution is -0.142. The van der Waals surface area contributed by atoms with Crippen molar-refractivity contribution in [3.05, 3.63) is 46.8 Å². The quantitative estimate of drug-likeness (QED) is 0.427. The average Bonchev–Trinajstić information content (AvgIpc) is 2.89. The van der Waals surface area contributed by atoms with E-state index in [9.17, 15) is 41.8 Å². The number of aromatic nitrogens is 2. The van der Waals surface area contributed by atoms with Crippen molar-refractivity contribution >= 4 is 12.0 Å². The highest BCUT2D eigenvalue weighted by atomic mass is 19.4. The second-order valence-corrected chi connectivity index (χ2v) is 12.3. The lowest BCUT2D eigenvalue weighted by Crippen LogP contribution is -2.58. The third-order valence-corrected chi connectivity index (χ3v) is 7.91. The van der Waals surface area contributed by atoms with Crippen LogP contribution in [0.3, 0.4) is 0 Å². The third kappa shape index (κ3) is 7.40. The zero-order valence-electron chi connectivity index (χ0n) is 24.5. The highest BCUT2D eigenvalue weighted by Crippen LogP contribution is 2.36. The van der Waals surface area contributed by atoms with Gasteiger partial charge in [0, 0.05) is 55.7 Å². The van der Waals surface area contributed by atoms with Gasteiger partial charge in [0.2, 0.25) is 5.91 Å². The first-order valence-corrected chi connectivity index (χ1v) is 14.1. The van der Waals surface area contributed by atoms with E-state index in [4.69, 9.17) is 0 Å². The number of hydrogen-bond acceptors (Lipinski definition) is 6. The van der Waals surface area contributed by atoms with Crippen LogP contribution in [-0.4, -0.2) is 84.3 Å². The predicted molar refractivity (Wildman–Crippen MR) is 146 cm³/mol. The van der Waals surface area contributed by atoms with Crippen molar-refractivity contribution in [2.45, 2.75) is 83.9 Å². The van der Waals surface area contributed by atoms with Crippen molar-refractivity contribution in [1.29, 1.82) is 0 Å². The Morgan fingerprint density at radius 1 is 1.14 bits per heavy atom. The van der Waals surface area contributed by atoms with Crippen LogP contribution >= 0.6 is 0 Å². The molecule has 1 saturated heterocycles. The fourth-order valence-electron chi connectivity index (χ4n) is 5.88. The maximum absolute atomic E-state index is 14.0. The number of carboxylic acid groups (broad SMARTS) is 1. The molecule has 0 spiro atoms. The Bertz CT molecular complexity index is 1370. The van der Waals surface area contributed by atoms with Crippen LogP contribution in [0.5, 0.6) is 0 Å². The van der Waals surface area contributed by atoms with Gasteiger partial charge in [-0.1, -0.05) is 6.92 Å². The Hall–Kier alpha value is -3.39. The van der Waals surface area contributed by atoms with Crippen LogP contribution in [0, 0.1) is 17.6 Å². The lowest BCUT2D eigenvalue weighted by atomic mass is 9.96. The molecule has 0 saturated carbocycles. The van der Waals surface area contributed by atoms with E-state index in [0.717, 1.165) is 18.6 Å². The summed E-state index contributed by atoms with van der Waals surface area (Å²) < 4.78 is 69.4. The SMILES string of the molecule is C[C@@H]1CCC(=O)N(C[C@H](CC(O)N2CCc3c(nc(-c4ccc(F)c(F)c4)nc3C(F)(F)F)C2)N(C(=O)O)C(C)(C)C)C1. The molecule has 3 heterocycles. The molecule has 2 aliphatic rings. The number of likely N-dealkylation sites (tertiary alicyclic amines) is 1. The molecule has 2 aliphatic heterocycles. The van der Waals surface area contributed by atoms with Gasteiger partial charge in [-0.15, -0.1) is 0 Å². The number of alkyl halides is 3. The summed E-state index contributed by atoms with van der Waals surface area (Å²) in [4.78, 5) is 37.3. The molecule has 4 rings (SSSR count). The molecular formula is C29H36F5N5O4. The standard InChI is InChI=1S/C29H36F5N5O4/c1-16-5-8-23(40)38(13-16)14-18(39(27(42)43)28(2,3)4)12-24(41)37-10-9-19-22(15-37)35-26(36-25(19)29(32,33)34)17-6-7-20(30)21(31)11-17/h6-7,11,16,18,24,41H,5,8-10,12-15H2,1-4H3,(H,42,43)/t16-,18+,24?/m1/s1. The highest BCUT2D eigenvalue weighted by Gasteiger charge is 2.41. The predicted octanol–water partition coefficient (Wildman–Crippen LogP) is 4.91. The minimum absolute atomic E-state index is 0.000117. The molecule has 1 aromatic heterocycles. The lowest BCUT2D eigenvalue weighted by Gasteiger charge is -2.44. The van der Waals surface area contributed by atoms with Crippen LogP contribution < -0.4 is 0 Å². The van der Waals surface area contributed by atoms with Crippen molar-refractivity contribution in [3.63, 3.8) is 0 Å².